The Hall–Kier alpha value is -1.98. The summed E-state index contributed by atoms with van der Waals surface area (Å²) in [6, 6.07) is 11.0. The molecule has 1 heterocycles. The van der Waals surface area contributed by atoms with Crippen molar-refractivity contribution in [3.8, 4) is 5.75 Å². The molecule has 0 spiro atoms. The number of piperidine rings is 1. The van der Waals surface area contributed by atoms with E-state index in [9.17, 15) is 13.9 Å². The molecule has 3 rings (SSSR count). The Morgan fingerprint density at radius 2 is 1.92 bits per heavy atom. The molecule has 1 atom stereocenters. The van der Waals surface area contributed by atoms with E-state index in [-0.39, 0.29) is 0 Å². The Morgan fingerprint density at radius 3 is 2.62 bits per heavy atom. The molecule has 2 aromatic rings. The summed E-state index contributed by atoms with van der Waals surface area (Å²) in [5, 5.41) is 11.1. The monoisotopic (exact) mass is 333 g/mol. The second-order valence-electron chi connectivity index (χ2n) is 6.36. The molecule has 1 unspecified atom stereocenters. The van der Waals surface area contributed by atoms with Gasteiger partial charge in [-0.15, -0.1) is 0 Å². The Balaban J connectivity index is 1.77. The van der Waals surface area contributed by atoms with Crippen molar-refractivity contribution >= 4 is 0 Å². The second kappa shape index (κ2) is 6.87. The number of benzene rings is 2. The summed E-state index contributed by atoms with van der Waals surface area (Å²) in [7, 11) is 1.59. The third-order valence-corrected chi connectivity index (χ3v) is 4.49. The third-order valence-electron chi connectivity index (χ3n) is 4.49. The van der Waals surface area contributed by atoms with Gasteiger partial charge < -0.3 is 9.84 Å². The van der Waals surface area contributed by atoms with Gasteiger partial charge in [-0.2, -0.15) is 0 Å². The first-order valence-corrected chi connectivity index (χ1v) is 8.03. The zero-order valence-corrected chi connectivity index (χ0v) is 13.6. The van der Waals surface area contributed by atoms with Crippen molar-refractivity contribution in [1.29, 1.82) is 0 Å². The standard InChI is InChI=1S/C19H21F2NO2/c1-24-18-5-2-4-15(10-18)19(23)6-3-7-22(13-19)12-14-8-16(20)11-17(21)9-14/h2,4-5,8-11,23H,3,6-7,12-13H2,1H3. The van der Waals surface area contributed by atoms with Crippen molar-refractivity contribution in [2.75, 3.05) is 20.2 Å². The van der Waals surface area contributed by atoms with Crippen LogP contribution in [0.1, 0.15) is 24.0 Å². The van der Waals surface area contributed by atoms with E-state index in [1.807, 2.05) is 29.2 Å². The summed E-state index contributed by atoms with van der Waals surface area (Å²) in [4.78, 5) is 2.02. The molecule has 3 nitrogen and oxygen atoms in total. The van der Waals surface area contributed by atoms with Crippen LogP contribution in [-0.4, -0.2) is 30.2 Å². The number of likely N-dealkylation sites (tertiary alicyclic amines) is 1. The predicted molar refractivity (Wildman–Crippen MR) is 87.8 cm³/mol. The zero-order chi connectivity index (χ0) is 17.2. The van der Waals surface area contributed by atoms with Gasteiger partial charge in [0.25, 0.3) is 0 Å². The van der Waals surface area contributed by atoms with Crippen LogP contribution in [0, 0.1) is 11.6 Å². The van der Waals surface area contributed by atoms with E-state index in [0.29, 0.717) is 30.8 Å². The average Bonchev–Trinajstić information content (AvgIpc) is 2.54. The van der Waals surface area contributed by atoms with Gasteiger partial charge in [-0.1, -0.05) is 12.1 Å². The topological polar surface area (TPSA) is 32.7 Å². The van der Waals surface area contributed by atoms with Gasteiger partial charge in [-0.25, -0.2) is 8.78 Å². The van der Waals surface area contributed by atoms with Crippen LogP contribution in [0.25, 0.3) is 0 Å². The van der Waals surface area contributed by atoms with Gasteiger partial charge in [0.15, 0.2) is 0 Å². The van der Waals surface area contributed by atoms with E-state index in [1.54, 1.807) is 7.11 Å². The van der Waals surface area contributed by atoms with Crippen molar-refractivity contribution in [2.24, 2.45) is 0 Å². The highest BCUT2D eigenvalue weighted by Crippen LogP contribution is 2.33. The molecule has 1 fully saturated rings. The molecule has 1 aliphatic rings. The zero-order valence-electron chi connectivity index (χ0n) is 13.6. The van der Waals surface area contributed by atoms with Gasteiger partial charge in [0.1, 0.15) is 23.0 Å². The average molecular weight is 333 g/mol. The molecule has 1 aliphatic heterocycles. The molecule has 0 bridgehead atoms. The smallest absolute Gasteiger partial charge is 0.126 e. The van der Waals surface area contributed by atoms with E-state index in [0.717, 1.165) is 24.6 Å². The van der Waals surface area contributed by atoms with Gasteiger partial charge in [-0.3, -0.25) is 4.90 Å². The van der Waals surface area contributed by atoms with Crippen LogP contribution in [0.5, 0.6) is 5.75 Å². The van der Waals surface area contributed by atoms with Gasteiger partial charge in [0.2, 0.25) is 0 Å². The molecule has 0 saturated carbocycles. The largest absolute Gasteiger partial charge is 0.497 e. The van der Waals surface area contributed by atoms with Crippen molar-refractivity contribution in [1.82, 2.24) is 4.90 Å². The van der Waals surface area contributed by atoms with Crippen LogP contribution >= 0.6 is 0 Å². The second-order valence-corrected chi connectivity index (χ2v) is 6.36. The molecule has 24 heavy (non-hydrogen) atoms. The molecule has 0 aromatic heterocycles. The van der Waals surface area contributed by atoms with Gasteiger partial charge in [0, 0.05) is 19.2 Å². The minimum atomic E-state index is -0.987. The number of β-amino-alcohol motifs (C(OH)–C–C–N with tert-alkyl or cyclic N) is 1. The molecule has 128 valence electrons. The van der Waals surface area contributed by atoms with Crippen LogP contribution in [-0.2, 0) is 12.1 Å². The third kappa shape index (κ3) is 3.74. The predicted octanol–water partition coefficient (Wildman–Crippen LogP) is 3.46. The lowest BCUT2D eigenvalue weighted by molar-refractivity contribution is -0.0382. The first kappa shape index (κ1) is 16.9. The van der Waals surface area contributed by atoms with E-state index >= 15 is 0 Å². The van der Waals surface area contributed by atoms with Crippen LogP contribution in [0.4, 0.5) is 8.78 Å². The van der Waals surface area contributed by atoms with Gasteiger partial charge in [0.05, 0.1) is 7.11 Å². The SMILES string of the molecule is COc1cccc(C2(O)CCCN(Cc3cc(F)cc(F)c3)C2)c1. The Bertz CT molecular complexity index is 702. The number of nitrogens with zero attached hydrogens (tertiary/aromatic N) is 1. The molecule has 0 amide bonds. The summed E-state index contributed by atoms with van der Waals surface area (Å²) in [6.45, 7) is 1.60. The number of rotatable bonds is 4. The highest BCUT2D eigenvalue weighted by molar-refractivity contribution is 5.33. The number of hydrogen-bond acceptors (Lipinski definition) is 3. The lowest BCUT2D eigenvalue weighted by Crippen LogP contribution is -2.45. The molecule has 1 N–H and O–H groups in total. The fourth-order valence-electron chi connectivity index (χ4n) is 3.37. The lowest BCUT2D eigenvalue weighted by atomic mass is 9.85. The van der Waals surface area contributed by atoms with E-state index in [1.165, 1.54) is 12.1 Å². The molecular weight excluding hydrogens is 312 g/mol. The minimum Gasteiger partial charge on any atom is -0.497 e. The summed E-state index contributed by atoms with van der Waals surface area (Å²) in [5.41, 5.74) is 0.387. The van der Waals surface area contributed by atoms with E-state index < -0.39 is 17.2 Å². The van der Waals surface area contributed by atoms with Crippen molar-refractivity contribution in [3.05, 3.63) is 65.2 Å². The van der Waals surface area contributed by atoms with Gasteiger partial charge in [-0.05, 0) is 54.8 Å². The number of aliphatic hydroxyl groups is 1. The van der Waals surface area contributed by atoms with Crippen molar-refractivity contribution < 1.29 is 18.6 Å². The van der Waals surface area contributed by atoms with Crippen LogP contribution in [0.15, 0.2) is 42.5 Å². The van der Waals surface area contributed by atoms with Crippen LogP contribution < -0.4 is 4.74 Å². The minimum absolute atomic E-state index is 0.404. The fourth-order valence-corrected chi connectivity index (χ4v) is 3.37. The van der Waals surface area contributed by atoms with Crippen LogP contribution in [0.3, 0.4) is 0 Å². The molecule has 2 aromatic carbocycles. The number of methoxy groups -OCH3 is 1. The van der Waals surface area contributed by atoms with Crippen molar-refractivity contribution in [3.63, 3.8) is 0 Å². The lowest BCUT2D eigenvalue weighted by Gasteiger charge is -2.39. The quantitative estimate of drug-likeness (QED) is 0.930. The Labute approximate surface area is 140 Å². The first-order chi connectivity index (χ1) is 11.5. The number of ether oxygens (including phenoxy) is 1. The summed E-state index contributed by atoms with van der Waals surface area (Å²) in [5.74, 6) is -0.458. The highest BCUT2D eigenvalue weighted by Gasteiger charge is 2.35. The number of halogens is 2. The summed E-state index contributed by atoms with van der Waals surface area (Å²) >= 11 is 0. The number of hydrogen-bond donors (Lipinski definition) is 1. The molecule has 1 saturated heterocycles. The molecule has 0 aliphatic carbocycles. The molecular formula is C19H21F2NO2. The Kier molecular flexibility index (Phi) is 4.83. The molecule has 0 radical (unpaired) electrons. The fraction of sp³-hybridized carbons (Fsp3) is 0.368. The maximum Gasteiger partial charge on any atom is 0.126 e. The van der Waals surface area contributed by atoms with E-state index in [2.05, 4.69) is 0 Å². The summed E-state index contributed by atoms with van der Waals surface area (Å²) in [6.07, 6.45) is 1.46. The highest BCUT2D eigenvalue weighted by atomic mass is 19.1. The maximum absolute atomic E-state index is 13.4. The normalized spacial score (nSPS) is 21.7. The van der Waals surface area contributed by atoms with Crippen LogP contribution in [0.2, 0.25) is 0 Å². The van der Waals surface area contributed by atoms with Gasteiger partial charge >= 0.3 is 0 Å². The molecule has 5 heteroatoms. The van der Waals surface area contributed by atoms with E-state index in [4.69, 9.17) is 4.74 Å². The first-order valence-electron chi connectivity index (χ1n) is 8.03. The van der Waals surface area contributed by atoms with Crippen molar-refractivity contribution in [2.45, 2.75) is 25.0 Å². The maximum atomic E-state index is 13.4. The Morgan fingerprint density at radius 1 is 1.17 bits per heavy atom. The summed E-state index contributed by atoms with van der Waals surface area (Å²) < 4.78 is 32.0.